The minimum absolute atomic E-state index is 0.287. The molecule has 0 bridgehead atoms. The molecule has 2 aromatic rings. The van der Waals surface area contributed by atoms with E-state index in [4.69, 9.17) is 4.74 Å². The van der Waals surface area contributed by atoms with Crippen molar-refractivity contribution in [1.29, 1.82) is 0 Å². The Labute approximate surface area is 136 Å². The molecule has 0 amide bonds. The molecule has 122 valence electrons. The van der Waals surface area contributed by atoms with Crippen LogP contribution in [-0.2, 0) is 6.54 Å². The van der Waals surface area contributed by atoms with Gasteiger partial charge in [-0.15, -0.1) is 0 Å². The summed E-state index contributed by atoms with van der Waals surface area (Å²) in [5.41, 5.74) is 2.23. The Bertz CT molecular complexity index is 633. The molecule has 2 atom stereocenters. The molecule has 23 heavy (non-hydrogen) atoms. The molecule has 2 unspecified atom stereocenters. The summed E-state index contributed by atoms with van der Waals surface area (Å²) in [7, 11) is 1.48. The highest BCUT2D eigenvalue weighted by Gasteiger charge is 2.25. The van der Waals surface area contributed by atoms with Crippen LogP contribution in [0.1, 0.15) is 30.0 Å². The van der Waals surface area contributed by atoms with Gasteiger partial charge in [-0.25, -0.2) is 4.39 Å². The van der Waals surface area contributed by atoms with E-state index in [1.165, 1.54) is 12.7 Å². The van der Waals surface area contributed by atoms with Gasteiger partial charge in [-0.05, 0) is 42.6 Å². The fourth-order valence-electron chi connectivity index (χ4n) is 3.19. The van der Waals surface area contributed by atoms with Gasteiger partial charge in [0, 0.05) is 18.6 Å². The third-order valence-corrected chi connectivity index (χ3v) is 4.40. The van der Waals surface area contributed by atoms with Crippen molar-refractivity contribution in [3.63, 3.8) is 0 Å². The Morgan fingerprint density at radius 2 is 2.04 bits per heavy atom. The Kier molecular flexibility index (Phi) is 5.26. The van der Waals surface area contributed by atoms with Gasteiger partial charge in [-0.3, -0.25) is 0 Å². The minimum atomic E-state index is -0.312. The zero-order valence-electron chi connectivity index (χ0n) is 13.4. The summed E-state index contributed by atoms with van der Waals surface area (Å²) in [5, 5.41) is 7.18. The molecule has 3 nitrogen and oxygen atoms in total. The average molecular weight is 314 g/mol. The lowest BCUT2D eigenvalue weighted by atomic mass is 9.92. The van der Waals surface area contributed by atoms with Crippen molar-refractivity contribution in [2.75, 3.05) is 13.7 Å². The maximum absolute atomic E-state index is 13.8. The molecule has 0 saturated carbocycles. The Morgan fingerprint density at radius 3 is 2.78 bits per heavy atom. The SMILES string of the molecule is COc1ccc(CNC2CCCNC2c2ccccc2)cc1F. The number of rotatable bonds is 5. The molecule has 0 spiro atoms. The number of halogens is 1. The van der Waals surface area contributed by atoms with Crippen LogP contribution in [0.5, 0.6) is 5.75 Å². The maximum Gasteiger partial charge on any atom is 0.165 e. The molecule has 1 heterocycles. The van der Waals surface area contributed by atoms with Gasteiger partial charge in [0.25, 0.3) is 0 Å². The van der Waals surface area contributed by atoms with Gasteiger partial charge in [-0.1, -0.05) is 36.4 Å². The third kappa shape index (κ3) is 3.89. The van der Waals surface area contributed by atoms with Crippen LogP contribution >= 0.6 is 0 Å². The van der Waals surface area contributed by atoms with Crippen molar-refractivity contribution in [2.24, 2.45) is 0 Å². The topological polar surface area (TPSA) is 33.3 Å². The second kappa shape index (κ2) is 7.57. The Hall–Kier alpha value is -1.91. The zero-order valence-corrected chi connectivity index (χ0v) is 13.4. The smallest absolute Gasteiger partial charge is 0.165 e. The van der Waals surface area contributed by atoms with Crippen molar-refractivity contribution >= 4 is 0 Å². The number of hydrogen-bond donors (Lipinski definition) is 2. The van der Waals surface area contributed by atoms with Crippen LogP contribution in [0, 0.1) is 5.82 Å². The van der Waals surface area contributed by atoms with E-state index >= 15 is 0 Å². The molecular weight excluding hydrogens is 291 g/mol. The lowest BCUT2D eigenvalue weighted by molar-refractivity contribution is 0.304. The quantitative estimate of drug-likeness (QED) is 0.887. The lowest BCUT2D eigenvalue weighted by Crippen LogP contribution is -2.45. The van der Waals surface area contributed by atoms with Gasteiger partial charge < -0.3 is 15.4 Å². The Balaban J connectivity index is 1.67. The average Bonchev–Trinajstić information content (AvgIpc) is 2.61. The molecular formula is C19H23FN2O. The Morgan fingerprint density at radius 1 is 1.22 bits per heavy atom. The number of nitrogens with one attached hydrogen (secondary N) is 2. The van der Waals surface area contributed by atoms with E-state index in [0.29, 0.717) is 18.6 Å². The summed E-state index contributed by atoms with van der Waals surface area (Å²) in [6.07, 6.45) is 2.27. The number of piperidine rings is 1. The van der Waals surface area contributed by atoms with Crippen LogP contribution in [-0.4, -0.2) is 19.7 Å². The second-order valence-corrected chi connectivity index (χ2v) is 5.94. The summed E-state index contributed by atoms with van der Waals surface area (Å²) < 4.78 is 18.8. The first kappa shape index (κ1) is 16.0. The van der Waals surface area contributed by atoms with Gasteiger partial charge in [-0.2, -0.15) is 0 Å². The number of benzene rings is 2. The summed E-state index contributed by atoms with van der Waals surface area (Å²) in [5.74, 6) is -0.0246. The summed E-state index contributed by atoms with van der Waals surface area (Å²) in [4.78, 5) is 0. The first-order chi connectivity index (χ1) is 11.3. The van der Waals surface area contributed by atoms with E-state index in [1.807, 2.05) is 12.1 Å². The van der Waals surface area contributed by atoms with E-state index in [2.05, 4.69) is 34.9 Å². The molecule has 1 aliphatic rings. The highest BCUT2D eigenvalue weighted by atomic mass is 19.1. The van der Waals surface area contributed by atoms with Gasteiger partial charge in [0.2, 0.25) is 0 Å². The molecule has 3 rings (SSSR count). The molecule has 4 heteroatoms. The predicted octanol–water partition coefficient (Wildman–Crippen LogP) is 3.42. The zero-order chi connectivity index (χ0) is 16.1. The first-order valence-corrected chi connectivity index (χ1v) is 8.12. The summed E-state index contributed by atoms with van der Waals surface area (Å²) >= 11 is 0. The molecule has 1 aliphatic heterocycles. The van der Waals surface area contributed by atoms with Gasteiger partial charge in [0.15, 0.2) is 11.6 Å². The molecule has 0 radical (unpaired) electrons. The lowest BCUT2D eigenvalue weighted by Gasteiger charge is -2.34. The van der Waals surface area contributed by atoms with Gasteiger partial charge in [0.05, 0.1) is 7.11 Å². The van der Waals surface area contributed by atoms with E-state index in [-0.39, 0.29) is 11.6 Å². The molecule has 1 saturated heterocycles. The van der Waals surface area contributed by atoms with Crippen molar-refractivity contribution in [3.05, 3.63) is 65.5 Å². The van der Waals surface area contributed by atoms with Crippen LogP contribution in [0.4, 0.5) is 4.39 Å². The molecule has 2 N–H and O–H groups in total. The molecule has 2 aromatic carbocycles. The van der Waals surface area contributed by atoms with E-state index in [1.54, 1.807) is 12.1 Å². The summed E-state index contributed by atoms with van der Waals surface area (Å²) in [6, 6.07) is 16.3. The first-order valence-electron chi connectivity index (χ1n) is 8.12. The largest absolute Gasteiger partial charge is 0.494 e. The molecule has 0 aliphatic carbocycles. The van der Waals surface area contributed by atoms with Crippen molar-refractivity contribution < 1.29 is 9.13 Å². The minimum Gasteiger partial charge on any atom is -0.494 e. The highest BCUT2D eigenvalue weighted by molar-refractivity contribution is 5.29. The fraction of sp³-hybridized carbons (Fsp3) is 0.368. The van der Waals surface area contributed by atoms with Crippen LogP contribution < -0.4 is 15.4 Å². The van der Waals surface area contributed by atoms with E-state index in [0.717, 1.165) is 24.9 Å². The van der Waals surface area contributed by atoms with Crippen LogP contribution in [0.25, 0.3) is 0 Å². The number of methoxy groups -OCH3 is 1. The monoisotopic (exact) mass is 314 g/mol. The second-order valence-electron chi connectivity index (χ2n) is 5.94. The fourth-order valence-corrected chi connectivity index (χ4v) is 3.19. The predicted molar refractivity (Wildman–Crippen MR) is 90.0 cm³/mol. The number of ether oxygens (including phenoxy) is 1. The van der Waals surface area contributed by atoms with Crippen molar-refractivity contribution in [1.82, 2.24) is 10.6 Å². The van der Waals surface area contributed by atoms with Crippen LogP contribution in [0.15, 0.2) is 48.5 Å². The third-order valence-electron chi connectivity index (χ3n) is 4.40. The normalized spacial score (nSPS) is 21.1. The van der Waals surface area contributed by atoms with E-state index < -0.39 is 0 Å². The van der Waals surface area contributed by atoms with Gasteiger partial charge in [0.1, 0.15) is 0 Å². The van der Waals surface area contributed by atoms with Gasteiger partial charge >= 0.3 is 0 Å². The molecule has 0 aromatic heterocycles. The maximum atomic E-state index is 13.8. The van der Waals surface area contributed by atoms with Crippen molar-refractivity contribution in [2.45, 2.75) is 31.5 Å². The van der Waals surface area contributed by atoms with Crippen LogP contribution in [0.2, 0.25) is 0 Å². The number of hydrogen-bond acceptors (Lipinski definition) is 3. The standard InChI is InChI=1S/C19H23FN2O/c1-23-18-10-9-14(12-16(18)20)13-22-17-8-5-11-21-19(17)15-6-3-2-4-7-15/h2-4,6-7,9-10,12,17,19,21-22H,5,8,11,13H2,1H3. The summed E-state index contributed by atoms with van der Waals surface area (Å²) in [6.45, 7) is 1.69. The molecule has 1 fully saturated rings. The van der Waals surface area contributed by atoms with E-state index in [9.17, 15) is 4.39 Å². The highest BCUT2D eigenvalue weighted by Crippen LogP contribution is 2.24. The van der Waals surface area contributed by atoms with Crippen molar-refractivity contribution in [3.8, 4) is 5.75 Å². The van der Waals surface area contributed by atoms with Crippen LogP contribution in [0.3, 0.4) is 0 Å².